The third kappa shape index (κ3) is 4.37. The fourth-order valence-corrected chi connectivity index (χ4v) is 3.56. The second-order valence-corrected chi connectivity index (χ2v) is 7.17. The highest BCUT2D eigenvalue weighted by Gasteiger charge is 2.42. The van der Waals surface area contributed by atoms with Gasteiger partial charge in [-0.3, -0.25) is 9.59 Å². The standard InChI is InChI=1S/C19H28ClN3O3/c1-3-19(26,4-2)18(25)23-9-5-6-16(23)17(24)22-12-14-10-15(20)8-7-13(14)11-21/h7-8,10,16,26H,3-6,9,11-12,21H2,1-2H3,(H,22,24). The lowest BCUT2D eigenvalue weighted by Gasteiger charge is -2.32. The van der Waals surface area contributed by atoms with E-state index in [1.807, 2.05) is 6.07 Å². The topological polar surface area (TPSA) is 95.7 Å². The Morgan fingerprint density at radius 3 is 2.65 bits per heavy atom. The van der Waals surface area contributed by atoms with Gasteiger partial charge in [0, 0.05) is 24.7 Å². The van der Waals surface area contributed by atoms with E-state index < -0.39 is 11.6 Å². The number of rotatable bonds is 7. The zero-order chi connectivity index (χ0) is 19.3. The molecule has 1 fully saturated rings. The highest BCUT2D eigenvalue weighted by atomic mass is 35.5. The molecule has 1 heterocycles. The van der Waals surface area contributed by atoms with Gasteiger partial charge in [-0.15, -0.1) is 0 Å². The van der Waals surface area contributed by atoms with Crippen LogP contribution in [0.15, 0.2) is 18.2 Å². The van der Waals surface area contributed by atoms with Crippen molar-refractivity contribution in [3.05, 3.63) is 34.3 Å². The average Bonchev–Trinajstić information content (AvgIpc) is 3.14. The normalized spacial score (nSPS) is 17.4. The molecule has 1 unspecified atom stereocenters. The fraction of sp³-hybridized carbons (Fsp3) is 0.579. The van der Waals surface area contributed by atoms with Crippen LogP contribution in [0.3, 0.4) is 0 Å². The highest BCUT2D eigenvalue weighted by molar-refractivity contribution is 6.30. The molecule has 2 amide bonds. The van der Waals surface area contributed by atoms with E-state index in [-0.39, 0.29) is 11.8 Å². The maximum Gasteiger partial charge on any atom is 0.255 e. The first-order chi connectivity index (χ1) is 12.4. The Balaban J connectivity index is 2.07. The molecule has 1 aromatic rings. The summed E-state index contributed by atoms with van der Waals surface area (Å²) in [4.78, 5) is 26.9. The minimum Gasteiger partial charge on any atom is -0.380 e. The molecule has 1 aromatic carbocycles. The van der Waals surface area contributed by atoms with Crippen molar-refractivity contribution in [3.8, 4) is 0 Å². The largest absolute Gasteiger partial charge is 0.380 e. The summed E-state index contributed by atoms with van der Waals surface area (Å²) in [6.07, 6.45) is 2.00. The second-order valence-electron chi connectivity index (χ2n) is 6.73. The Morgan fingerprint density at radius 2 is 2.04 bits per heavy atom. The molecule has 26 heavy (non-hydrogen) atoms. The molecule has 6 nitrogen and oxygen atoms in total. The van der Waals surface area contributed by atoms with Gasteiger partial charge in [0.25, 0.3) is 5.91 Å². The summed E-state index contributed by atoms with van der Waals surface area (Å²) >= 11 is 6.03. The SMILES string of the molecule is CCC(O)(CC)C(=O)N1CCCC1C(=O)NCc1cc(Cl)ccc1CN. The minimum atomic E-state index is -1.40. The predicted octanol–water partition coefficient (Wildman–Crippen LogP) is 1.96. The molecular formula is C19H28ClN3O3. The van der Waals surface area contributed by atoms with Gasteiger partial charge in [0.1, 0.15) is 11.6 Å². The van der Waals surface area contributed by atoms with Crippen LogP contribution >= 0.6 is 11.6 Å². The van der Waals surface area contributed by atoms with E-state index in [0.717, 1.165) is 17.5 Å². The molecule has 0 radical (unpaired) electrons. The quantitative estimate of drug-likeness (QED) is 0.672. The summed E-state index contributed by atoms with van der Waals surface area (Å²) in [5, 5.41) is 14.0. The predicted molar refractivity (Wildman–Crippen MR) is 101 cm³/mol. The Kier molecular flexibility index (Phi) is 7.03. The van der Waals surface area contributed by atoms with E-state index in [1.54, 1.807) is 26.0 Å². The Bertz CT molecular complexity index is 661. The molecular weight excluding hydrogens is 354 g/mol. The van der Waals surface area contributed by atoms with Crippen molar-refractivity contribution in [2.24, 2.45) is 5.73 Å². The number of carbonyl (C=O) groups excluding carboxylic acids is 2. The maximum atomic E-state index is 12.7. The third-order valence-corrected chi connectivity index (χ3v) is 5.46. The molecule has 1 atom stereocenters. The van der Waals surface area contributed by atoms with Crippen molar-refractivity contribution in [2.75, 3.05) is 6.54 Å². The number of benzene rings is 1. The molecule has 1 aliphatic heterocycles. The van der Waals surface area contributed by atoms with Gasteiger partial charge in [-0.05, 0) is 48.9 Å². The van der Waals surface area contributed by atoms with Crippen LogP contribution in [0.1, 0.15) is 50.7 Å². The number of nitrogens with zero attached hydrogens (tertiary/aromatic N) is 1. The van der Waals surface area contributed by atoms with Crippen molar-refractivity contribution < 1.29 is 14.7 Å². The zero-order valence-electron chi connectivity index (χ0n) is 15.4. The highest BCUT2D eigenvalue weighted by Crippen LogP contribution is 2.25. The van der Waals surface area contributed by atoms with Crippen LogP contribution in [0, 0.1) is 0 Å². The molecule has 7 heteroatoms. The molecule has 1 aliphatic rings. The van der Waals surface area contributed by atoms with Gasteiger partial charge < -0.3 is 21.1 Å². The van der Waals surface area contributed by atoms with E-state index in [9.17, 15) is 14.7 Å². The lowest BCUT2D eigenvalue weighted by Crippen LogP contribution is -2.53. The summed E-state index contributed by atoms with van der Waals surface area (Å²) in [6, 6.07) is 4.85. The van der Waals surface area contributed by atoms with Crippen LogP contribution in [-0.2, 0) is 22.7 Å². The number of nitrogens with two attached hydrogens (primary N) is 1. The molecule has 0 aliphatic carbocycles. The number of likely N-dealkylation sites (tertiary alicyclic amines) is 1. The molecule has 1 saturated heterocycles. The molecule has 0 spiro atoms. The van der Waals surface area contributed by atoms with Crippen LogP contribution in [0.5, 0.6) is 0 Å². The van der Waals surface area contributed by atoms with Crippen LogP contribution in [0.25, 0.3) is 0 Å². The Hall–Kier alpha value is -1.63. The molecule has 144 valence electrons. The van der Waals surface area contributed by atoms with Crippen molar-refractivity contribution >= 4 is 23.4 Å². The van der Waals surface area contributed by atoms with Gasteiger partial charge >= 0.3 is 0 Å². The van der Waals surface area contributed by atoms with E-state index in [2.05, 4.69) is 5.32 Å². The molecule has 0 aromatic heterocycles. The van der Waals surface area contributed by atoms with E-state index >= 15 is 0 Å². The third-order valence-electron chi connectivity index (χ3n) is 5.23. The van der Waals surface area contributed by atoms with Gasteiger partial charge in [-0.2, -0.15) is 0 Å². The Labute approximate surface area is 159 Å². The number of hydrogen-bond acceptors (Lipinski definition) is 4. The van der Waals surface area contributed by atoms with Gasteiger partial charge in [0.05, 0.1) is 0 Å². The number of carbonyl (C=O) groups is 2. The number of halogens is 1. The number of amides is 2. The van der Waals surface area contributed by atoms with Crippen LogP contribution in [0.4, 0.5) is 0 Å². The minimum absolute atomic E-state index is 0.214. The van der Waals surface area contributed by atoms with Crippen molar-refractivity contribution in [1.29, 1.82) is 0 Å². The van der Waals surface area contributed by atoms with Crippen LogP contribution in [-0.4, -0.2) is 40.0 Å². The second kappa shape index (κ2) is 8.84. The van der Waals surface area contributed by atoms with Gasteiger partial charge in [0.15, 0.2) is 0 Å². The zero-order valence-corrected chi connectivity index (χ0v) is 16.2. The average molecular weight is 382 g/mol. The number of nitrogens with one attached hydrogen (secondary N) is 1. The first kappa shape index (κ1) is 20.7. The van der Waals surface area contributed by atoms with Gasteiger partial charge in [-0.1, -0.05) is 31.5 Å². The summed E-state index contributed by atoms with van der Waals surface area (Å²) in [5.74, 6) is -0.570. The van der Waals surface area contributed by atoms with Crippen molar-refractivity contribution in [3.63, 3.8) is 0 Å². The number of hydrogen-bond donors (Lipinski definition) is 3. The molecule has 4 N–H and O–H groups in total. The van der Waals surface area contributed by atoms with E-state index in [0.29, 0.717) is 43.9 Å². The lowest BCUT2D eigenvalue weighted by molar-refractivity contribution is -0.155. The van der Waals surface area contributed by atoms with Gasteiger partial charge in [0.2, 0.25) is 5.91 Å². The maximum absolute atomic E-state index is 12.7. The smallest absolute Gasteiger partial charge is 0.255 e. The lowest BCUT2D eigenvalue weighted by atomic mass is 9.95. The number of aliphatic hydroxyl groups is 1. The summed E-state index contributed by atoms with van der Waals surface area (Å²) < 4.78 is 0. The Morgan fingerprint density at radius 1 is 1.35 bits per heavy atom. The van der Waals surface area contributed by atoms with Gasteiger partial charge in [-0.25, -0.2) is 0 Å². The van der Waals surface area contributed by atoms with E-state index in [1.165, 1.54) is 4.90 Å². The monoisotopic (exact) mass is 381 g/mol. The van der Waals surface area contributed by atoms with Crippen LogP contribution in [0.2, 0.25) is 5.02 Å². The summed E-state index contributed by atoms with van der Waals surface area (Å²) in [7, 11) is 0. The van der Waals surface area contributed by atoms with Crippen LogP contribution < -0.4 is 11.1 Å². The first-order valence-corrected chi connectivity index (χ1v) is 9.52. The van der Waals surface area contributed by atoms with E-state index in [4.69, 9.17) is 17.3 Å². The fourth-order valence-electron chi connectivity index (χ4n) is 3.36. The molecule has 0 saturated carbocycles. The summed E-state index contributed by atoms with van der Waals surface area (Å²) in [6.45, 7) is 4.71. The van der Waals surface area contributed by atoms with Crippen molar-refractivity contribution in [2.45, 2.75) is 64.3 Å². The summed E-state index contributed by atoms with van der Waals surface area (Å²) in [5.41, 5.74) is 6.11. The first-order valence-electron chi connectivity index (χ1n) is 9.14. The van der Waals surface area contributed by atoms with Crippen molar-refractivity contribution in [1.82, 2.24) is 10.2 Å². The molecule has 0 bridgehead atoms. The molecule has 2 rings (SSSR count).